The summed E-state index contributed by atoms with van der Waals surface area (Å²) in [5.41, 5.74) is 1.95. The summed E-state index contributed by atoms with van der Waals surface area (Å²) >= 11 is 0. The number of hydrogen-bond donors (Lipinski definition) is 1. The van der Waals surface area contributed by atoms with Gasteiger partial charge in [0, 0.05) is 25.1 Å². The molecule has 7 nitrogen and oxygen atoms in total. The zero-order valence-electron chi connectivity index (χ0n) is 22.0. The number of piperidine rings is 1. The van der Waals surface area contributed by atoms with Crippen LogP contribution >= 0.6 is 0 Å². The SMILES string of the molecule is CCCCN1C(=O)CC[C@H](C(=O)NCCc2ccc(OCC)c(OCC)c2)[C@H]1c1ccccc1OC. The van der Waals surface area contributed by atoms with Crippen LogP contribution in [0, 0.1) is 5.92 Å². The maximum Gasteiger partial charge on any atom is 0.225 e. The van der Waals surface area contributed by atoms with Gasteiger partial charge in [-0.1, -0.05) is 37.6 Å². The van der Waals surface area contributed by atoms with E-state index in [0.717, 1.165) is 35.5 Å². The molecule has 0 radical (unpaired) electrons. The lowest BCUT2D eigenvalue weighted by Crippen LogP contribution is -2.48. The van der Waals surface area contributed by atoms with E-state index in [0.29, 0.717) is 51.3 Å². The Bertz CT molecular complexity index is 1010. The van der Waals surface area contributed by atoms with Crippen molar-refractivity contribution >= 4 is 11.8 Å². The summed E-state index contributed by atoms with van der Waals surface area (Å²) in [6, 6.07) is 13.3. The lowest BCUT2D eigenvalue weighted by molar-refractivity contribution is -0.143. The molecule has 0 aromatic heterocycles. The molecule has 196 valence electrons. The predicted octanol–water partition coefficient (Wildman–Crippen LogP) is 4.93. The summed E-state index contributed by atoms with van der Waals surface area (Å²) in [6.07, 6.45) is 3.44. The number of rotatable bonds is 13. The standard InChI is InChI=1S/C29H40N2O5/c1-5-8-19-31-27(32)16-14-23(28(31)22-11-9-10-12-24(22)34-4)29(33)30-18-17-21-13-15-25(35-6-2)26(20-21)36-7-3/h9-13,15,20,23,28H,5-8,14,16-19H2,1-4H3,(H,30,33)/t23-,28+/m0/s1. The van der Waals surface area contributed by atoms with Crippen LogP contribution in [0.2, 0.25) is 0 Å². The minimum Gasteiger partial charge on any atom is -0.496 e. The summed E-state index contributed by atoms with van der Waals surface area (Å²) in [6.45, 7) is 8.25. The highest BCUT2D eigenvalue weighted by atomic mass is 16.5. The van der Waals surface area contributed by atoms with Gasteiger partial charge in [0.15, 0.2) is 11.5 Å². The summed E-state index contributed by atoms with van der Waals surface area (Å²) in [5.74, 6) is 1.88. The minimum atomic E-state index is -0.344. The molecule has 1 aliphatic rings. The van der Waals surface area contributed by atoms with E-state index in [1.54, 1.807) is 7.11 Å². The Morgan fingerprint density at radius 1 is 1.03 bits per heavy atom. The quantitative estimate of drug-likeness (QED) is 0.425. The highest BCUT2D eigenvalue weighted by Crippen LogP contribution is 2.41. The molecular formula is C29H40N2O5. The number of benzene rings is 2. The first-order valence-corrected chi connectivity index (χ1v) is 13.1. The Hall–Kier alpha value is -3.22. The van der Waals surface area contributed by atoms with Gasteiger partial charge in [0.1, 0.15) is 5.75 Å². The summed E-state index contributed by atoms with van der Waals surface area (Å²) < 4.78 is 17.0. The van der Waals surface area contributed by atoms with Crippen molar-refractivity contribution in [1.82, 2.24) is 10.2 Å². The number of hydrogen-bond acceptors (Lipinski definition) is 5. The highest BCUT2D eigenvalue weighted by molar-refractivity contribution is 5.85. The molecule has 0 saturated carbocycles. The topological polar surface area (TPSA) is 77.1 Å². The van der Waals surface area contributed by atoms with Crippen LogP contribution in [0.3, 0.4) is 0 Å². The third-order valence-electron chi connectivity index (χ3n) is 6.57. The molecule has 1 saturated heterocycles. The van der Waals surface area contributed by atoms with Gasteiger partial charge < -0.3 is 24.4 Å². The third-order valence-corrected chi connectivity index (χ3v) is 6.57. The Balaban J connectivity index is 1.75. The molecule has 7 heteroatoms. The van der Waals surface area contributed by atoms with E-state index < -0.39 is 0 Å². The Morgan fingerprint density at radius 2 is 1.78 bits per heavy atom. The summed E-state index contributed by atoms with van der Waals surface area (Å²) in [4.78, 5) is 28.3. The van der Waals surface area contributed by atoms with Crippen molar-refractivity contribution in [1.29, 1.82) is 0 Å². The van der Waals surface area contributed by atoms with E-state index in [4.69, 9.17) is 14.2 Å². The molecule has 0 aliphatic carbocycles. The molecule has 2 aromatic rings. The van der Waals surface area contributed by atoms with E-state index >= 15 is 0 Å². The molecule has 1 aliphatic heterocycles. The maximum atomic E-state index is 13.5. The van der Waals surface area contributed by atoms with Crippen molar-refractivity contribution in [3.8, 4) is 17.2 Å². The third kappa shape index (κ3) is 6.71. The van der Waals surface area contributed by atoms with Crippen LogP contribution < -0.4 is 19.5 Å². The number of carbonyl (C=O) groups excluding carboxylic acids is 2. The van der Waals surface area contributed by atoms with Crippen LogP contribution in [-0.4, -0.2) is 50.1 Å². The molecule has 0 unspecified atom stereocenters. The molecule has 3 rings (SSSR count). The van der Waals surface area contributed by atoms with E-state index in [-0.39, 0.29) is 23.8 Å². The highest BCUT2D eigenvalue weighted by Gasteiger charge is 2.41. The number of amides is 2. The largest absolute Gasteiger partial charge is 0.496 e. The Morgan fingerprint density at radius 3 is 2.50 bits per heavy atom. The van der Waals surface area contributed by atoms with Gasteiger partial charge in [-0.25, -0.2) is 0 Å². The molecular weight excluding hydrogens is 456 g/mol. The predicted molar refractivity (Wildman–Crippen MR) is 141 cm³/mol. The summed E-state index contributed by atoms with van der Waals surface area (Å²) in [7, 11) is 1.63. The zero-order valence-corrected chi connectivity index (χ0v) is 22.0. The number of para-hydroxylation sites is 1. The van der Waals surface area contributed by atoms with Crippen LogP contribution in [0.15, 0.2) is 42.5 Å². The number of likely N-dealkylation sites (tertiary alicyclic amines) is 1. The van der Waals surface area contributed by atoms with E-state index in [9.17, 15) is 9.59 Å². The molecule has 1 heterocycles. The first kappa shape index (κ1) is 27.4. The number of ether oxygens (including phenoxy) is 3. The molecule has 0 spiro atoms. The van der Waals surface area contributed by atoms with Gasteiger partial charge in [0.25, 0.3) is 0 Å². The average Bonchev–Trinajstić information content (AvgIpc) is 2.89. The first-order valence-electron chi connectivity index (χ1n) is 13.1. The van der Waals surface area contributed by atoms with Gasteiger partial charge in [-0.2, -0.15) is 0 Å². The number of methoxy groups -OCH3 is 1. The van der Waals surface area contributed by atoms with Crippen LogP contribution in [0.1, 0.15) is 63.6 Å². The average molecular weight is 497 g/mol. The van der Waals surface area contributed by atoms with Crippen molar-refractivity contribution in [2.24, 2.45) is 5.92 Å². The van der Waals surface area contributed by atoms with Gasteiger partial charge >= 0.3 is 0 Å². The molecule has 2 atom stereocenters. The molecule has 0 bridgehead atoms. The van der Waals surface area contributed by atoms with Crippen LogP contribution in [-0.2, 0) is 16.0 Å². The van der Waals surface area contributed by atoms with Crippen LogP contribution in [0.25, 0.3) is 0 Å². The molecule has 1 fully saturated rings. The number of carbonyl (C=O) groups is 2. The molecule has 36 heavy (non-hydrogen) atoms. The second kappa shape index (κ2) is 13.8. The van der Waals surface area contributed by atoms with Crippen molar-refractivity contribution in [3.63, 3.8) is 0 Å². The van der Waals surface area contributed by atoms with Crippen molar-refractivity contribution in [2.75, 3.05) is 33.4 Å². The fourth-order valence-electron chi connectivity index (χ4n) is 4.83. The molecule has 1 N–H and O–H groups in total. The Kier molecular flexibility index (Phi) is 10.5. The van der Waals surface area contributed by atoms with Crippen LogP contribution in [0.4, 0.5) is 0 Å². The first-order chi connectivity index (χ1) is 17.5. The number of nitrogens with one attached hydrogen (secondary N) is 1. The summed E-state index contributed by atoms with van der Waals surface area (Å²) in [5, 5.41) is 3.13. The van der Waals surface area contributed by atoms with E-state index in [1.165, 1.54) is 0 Å². The van der Waals surface area contributed by atoms with Gasteiger partial charge in [-0.15, -0.1) is 0 Å². The smallest absolute Gasteiger partial charge is 0.225 e. The maximum absolute atomic E-state index is 13.5. The normalized spacial score (nSPS) is 17.6. The van der Waals surface area contributed by atoms with Gasteiger partial charge in [-0.3, -0.25) is 9.59 Å². The zero-order chi connectivity index (χ0) is 25.9. The molecule has 2 amide bonds. The lowest BCUT2D eigenvalue weighted by Gasteiger charge is -2.41. The van der Waals surface area contributed by atoms with Crippen molar-refractivity contribution in [3.05, 3.63) is 53.6 Å². The van der Waals surface area contributed by atoms with Crippen molar-refractivity contribution in [2.45, 2.75) is 58.9 Å². The monoisotopic (exact) mass is 496 g/mol. The Labute approximate surface area is 215 Å². The minimum absolute atomic E-state index is 0.0316. The van der Waals surface area contributed by atoms with Gasteiger partial charge in [0.2, 0.25) is 11.8 Å². The van der Waals surface area contributed by atoms with Gasteiger partial charge in [-0.05, 0) is 56.9 Å². The second-order valence-corrected chi connectivity index (χ2v) is 8.96. The van der Waals surface area contributed by atoms with Crippen molar-refractivity contribution < 1.29 is 23.8 Å². The van der Waals surface area contributed by atoms with Crippen LogP contribution in [0.5, 0.6) is 17.2 Å². The van der Waals surface area contributed by atoms with E-state index in [1.807, 2.05) is 61.2 Å². The number of unbranched alkanes of at least 4 members (excludes halogenated alkanes) is 1. The van der Waals surface area contributed by atoms with Gasteiger partial charge in [0.05, 0.1) is 32.3 Å². The fraction of sp³-hybridized carbons (Fsp3) is 0.517. The lowest BCUT2D eigenvalue weighted by atomic mass is 9.83. The molecule has 2 aromatic carbocycles. The number of nitrogens with zero attached hydrogens (tertiary/aromatic N) is 1. The van der Waals surface area contributed by atoms with E-state index in [2.05, 4.69) is 12.2 Å². The second-order valence-electron chi connectivity index (χ2n) is 8.96. The fourth-order valence-corrected chi connectivity index (χ4v) is 4.83.